The summed E-state index contributed by atoms with van der Waals surface area (Å²) in [4.78, 5) is 20.8. The van der Waals surface area contributed by atoms with Crippen LogP contribution in [-0.4, -0.2) is 22.0 Å². The van der Waals surface area contributed by atoms with Crippen molar-refractivity contribution in [1.29, 1.82) is 0 Å². The van der Waals surface area contributed by atoms with Gasteiger partial charge in [-0.15, -0.1) is 0 Å². The third-order valence-corrected chi connectivity index (χ3v) is 2.72. The number of carboxylic acids is 1. The molecule has 1 fully saturated rings. The molecule has 0 saturated heterocycles. The molecule has 0 aromatic carbocycles. The Morgan fingerprint density at radius 1 is 1.71 bits per heavy atom. The highest BCUT2D eigenvalue weighted by Crippen LogP contribution is 2.55. The standard InChI is InChI=1S/C9H15NO4/c1-6(2)3-9(5-8(11)12)4-7(9)10(13)14/h6-7H,3-5H2,1-2H3,(H,11,12)/t7-,9-/m0/s1. The zero-order valence-corrected chi connectivity index (χ0v) is 8.40. The molecule has 0 amide bonds. The summed E-state index contributed by atoms with van der Waals surface area (Å²) >= 11 is 0. The fourth-order valence-corrected chi connectivity index (χ4v) is 2.22. The van der Waals surface area contributed by atoms with Crippen LogP contribution >= 0.6 is 0 Å². The van der Waals surface area contributed by atoms with Crippen LogP contribution in [0.2, 0.25) is 0 Å². The molecule has 0 radical (unpaired) electrons. The number of carbonyl (C=O) groups is 1. The van der Waals surface area contributed by atoms with E-state index in [9.17, 15) is 14.9 Å². The molecule has 1 aliphatic carbocycles. The van der Waals surface area contributed by atoms with Gasteiger partial charge in [0.25, 0.3) is 0 Å². The molecule has 0 bridgehead atoms. The smallest absolute Gasteiger partial charge is 0.304 e. The van der Waals surface area contributed by atoms with Crippen molar-refractivity contribution in [2.24, 2.45) is 11.3 Å². The van der Waals surface area contributed by atoms with E-state index >= 15 is 0 Å². The number of nitrogens with zero attached hydrogens (tertiary/aromatic N) is 1. The van der Waals surface area contributed by atoms with Gasteiger partial charge in [-0.1, -0.05) is 13.8 Å². The Kier molecular flexibility index (Phi) is 2.78. The Morgan fingerprint density at radius 2 is 2.29 bits per heavy atom. The Bertz CT molecular complexity index is 264. The summed E-state index contributed by atoms with van der Waals surface area (Å²) in [6, 6.07) is -0.638. The molecule has 0 aliphatic heterocycles. The van der Waals surface area contributed by atoms with Crippen molar-refractivity contribution in [2.45, 2.75) is 39.2 Å². The van der Waals surface area contributed by atoms with Gasteiger partial charge in [0.05, 0.1) is 11.8 Å². The summed E-state index contributed by atoms with van der Waals surface area (Å²) in [6.45, 7) is 3.91. The van der Waals surface area contributed by atoms with Crippen LogP contribution in [0.3, 0.4) is 0 Å². The summed E-state index contributed by atoms with van der Waals surface area (Å²) in [5, 5.41) is 19.2. The molecule has 1 N–H and O–H groups in total. The van der Waals surface area contributed by atoms with Crippen LogP contribution in [0.25, 0.3) is 0 Å². The van der Waals surface area contributed by atoms with E-state index in [2.05, 4.69) is 0 Å². The van der Waals surface area contributed by atoms with Crippen LogP contribution in [0.1, 0.15) is 33.1 Å². The predicted molar refractivity (Wildman–Crippen MR) is 49.5 cm³/mol. The van der Waals surface area contributed by atoms with Crippen molar-refractivity contribution in [3.05, 3.63) is 10.1 Å². The summed E-state index contributed by atoms with van der Waals surface area (Å²) in [5.41, 5.74) is -0.566. The van der Waals surface area contributed by atoms with E-state index in [0.29, 0.717) is 18.8 Å². The molecule has 5 heteroatoms. The van der Waals surface area contributed by atoms with Crippen molar-refractivity contribution in [1.82, 2.24) is 0 Å². The largest absolute Gasteiger partial charge is 0.481 e. The summed E-state index contributed by atoms with van der Waals surface area (Å²) in [7, 11) is 0. The van der Waals surface area contributed by atoms with Crippen molar-refractivity contribution < 1.29 is 14.8 Å². The molecule has 0 aromatic heterocycles. The topological polar surface area (TPSA) is 80.4 Å². The van der Waals surface area contributed by atoms with Crippen molar-refractivity contribution >= 4 is 5.97 Å². The van der Waals surface area contributed by atoms with Crippen LogP contribution in [0.4, 0.5) is 0 Å². The first-order chi connectivity index (χ1) is 6.37. The van der Waals surface area contributed by atoms with Gasteiger partial charge in [-0.05, 0) is 12.3 Å². The Labute approximate surface area is 82.3 Å². The molecule has 0 unspecified atom stereocenters. The third-order valence-electron chi connectivity index (χ3n) is 2.72. The first-order valence-corrected chi connectivity index (χ1v) is 4.73. The van der Waals surface area contributed by atoms with Crippen LogP contribution in [0, 0.1) is 21.4 Å². The molecule has 1 aliphatic rings. The van der Waals surface area contributed by atoms with Gasteiger partial charge in [0.2, 0.25) is 6.04 Å². The zero-order chi connectivity index (χ0) is 10.9. The third kappa shape index (κ3) is 2.21. The number of carboxylic acid groups (broad SMARTS) is 1. The van der Waals surface area contributed by atoms with Gasteiger partial charge in [-0.25, -0.2) is 0 Å². The van der Waals surface area contributed by atoms with Gasteiger partial charge < -0.3 is 5.11 Å². The lowest BCUT2D eigenvalue weighted by Gasteiger charge is -2.13. The second kappa shape index (κ2) is 3.55. The van der Waals surface area contributed by atoms with Gasteiger partial charge in [0.15, 0.2) is 0 Å². The fourth-order valence-electron chi connectivity index (χ4n) is 2.22. The maximum atomic E-state index is 10.6. The highest BCUT2D eigenvalue weighted by molar-refractivity contribution is 5.68. The van der Waals surface area contributed by atoms with Gasteiger partial charge in [0.1, 0.15) is 0 Å². The molecule has 1 saturated carbocycles. The molecule has 0 heterocycles. The average molecular weight is 201 g/mol. The monoisotopic (exact) mass is 201 g/mol. The molecular formula is C9H15NO4. The highest BCUT2D eigenvalue weighted by atomic mass is 16.6. The number of hydrogen-bond acceptors (Lipinski definition) is 3. The lowest BCUT2D eigenvalue weighted by Crippen LogP contribution is -2.19. The van der Waals surface area contributed by atoms with Crippen molar-refractivity contribution in [2.75, 3.05) is 0 Å². The lowest BCUT2D eigenvalue weighted by molar-refractivity contribution is -0.503. The van der Waals surface area contributed by atoms with E-state index in [4.69, 9.17) is 5.11 Å². The summed E-state index contributed by atoms with van der Waals surface area (Å²) < 4.78 is 0. The Hall–Kier alpha value is -1.13. The summed E-state index contributed by atoms with van der Waals surface area (Å²) in [6.07, 6.45) is 0.978. The lowest BCUT2D eigenvalue weighted by atomic mass is 9.90. The predicted octanol–water partition coefficient (Wildman–Crippen LogP) is 1.54. The van der Waals surface area contributed by atoms with Crippen LogP contribution < -0.4 is 0 Å². The van der Waals surface area contributed by atoms with E-state index in [1.807, 2.05) is 13.8 Å². The molecule has 5 nitrogen and oxygen atoms in total. The van der Waals surface area contributed by atoms with E-state index < -0.39 is 17.4 Å². The van der Waals surface area contributed by atoms with Crippen LogP contribution in [0.15, 0.2) is 0 Å². The minimum Gasteiger partial charge on any atom is -0.481 e. The van der Waals surface area contributed by atoms with E-state index in [1.165, 1.54) is 0 Å². The Balaban J connectivity index is 2.65. The number of hydrogen-bond donors (Lipinski definition) is 1. The average Bonchev–Trinajstić information content (AvgIpc) is 2.59. The molecule has 0 spiro atoms. The molecule has 0 aromatic rings. The second-order valence-corrected chi connectivity index (χ2v) is 4.54. The first-order valence-electron chi connectivity index (χ1n) is 4.73. The van der Waals surface area contributed by atoms with Gasteiger partial charge in [0, 0.05) is 11.3 Å². The van der Waals surface area contributed by atoms with Crippen LogP contribution in [0.5, 0.6) is 0 Å². The highest BCUT2D eigenvalue weighted by Gasteiger charge is 2.64. The van der Waals surface area contributed by atoms with Crippen LogP contribution in [-0.2, 0) is 4.79 Å². The molecular weight excluding hydrogens is 186 g/mol. The van der Waals surface area contributed by atoms with Gasteiger partial charge >= 0.3 is 5.97 Å². The number of nitro groups is 1. The van der Waals surface area contributed by atoms with Crippen molar-refractivity contribution in [3.8, 4) is 0 Å². The molecule has 80 valence electrons. The van der Waals surface area contributed by atoms with Crippen molar-refractivity contribution in [3.63, 3.8) is 0 Å². The zero-order valence-electron chi connectivity index (χ0n) is 8.40. The molecule has 14 heavy (non-hydrogen) atoms. The first kappa shape index (κ1) is 10.9. The van der Waals surface area contributed by atoms with Gasteiger partial charge in [-0.2, -0.15) is 0 Å². The van der Waals surface area contributed by atoms with Gasteiger partial charge in [-0.3, -0.25) is 14.9 Å². The number of rotatable bonds is 5. The molecule has 1 rings (SSSR count). The van der Waals surface area contributed by atoms with E-state index in [-0.39, 0.29) is 11.3 Å². The fraction of sp³-hybridized carbons (Fsp3) is 0.889. The minimum absolute atomic E-state index is 0.0726. The second-order valence-electron chi connectivity index (χ2n) is 4.54. The quantitative estimate of drug-likeness (QED) is 0.540. The minimum atomic E-state index is -0.935. The number of aliphatic carboxylic acids is 1. The van der Waals surface area contributed by atoms with E-state index in [1.54, 1.807) is 0 Å². The maximum Gasteiger partial charge on any atom is 0.304 e. The summed E-state index contributed by atoms with van der Waals surface area (Å²) in [5.74, 6) is -0.630. The Morgan fingerprint density at radius 3 is 2.57 bits per heavy atom. The SMILES string of the molecule is CC(C)C[C@@]1(CC(=O)O)C[C@@H]1[N+](=O)[O-]. The normalized spacial score (nSPS) is 30.4. The van der Waals surface area contributed by atoms with E-state index in [0.717, 1.165) is 0 Å². The maximum absolute atomic E-state index is 10.6. The molecule has 2 atom stereocenters.